The lowest BCUT2D eigenvalue weighted by molar-refractivity contribution is 0.464. The first kappa shape index (κ1) is 12.0. The number of hydrogen-bond acceptors (Lipinski definition) is 3. The number of halogens is 1. The molecule has 0 saturated heterocycles. The Morgan fingerprint density at radius 3 is 2.94 bits per heavy atom. The number of nitrogens with zero attached hydrogens (tertiary/aromatic N) is 2. The molecule has 0 unspecified atom stereocenters. The molecule has 1 heterocycles. The molecule has 5 heteroatoms. The average molecular weight is 252 g/mol. The van der Waals surface area contributed by atoms with E-state index in [1.807, 2.05) is 29.9 Å². The Labute approximate surface area is 105 Å². The number of para-hydroxylation sites is 1. The first-order valence-corrected chi connectivity index (χ1v) is 5.69. The summed E-state index contributed by atoms with van der Waals surface area (Å²) in [7, 11) is 1.95. The fourth-order valence-electron chi connectivity index (χ4n) is 1.58. The van der Waals surface area contributed by atoms with E-state index in [0.29, 0.717) is 18.1 Å². The molecule has 90 valence electrons. The highest BCUT2D eigenvalue weighted by atomic mass is 35.5. The Balaban J connectivity index is 1.95. The van der Waals surface area contributed by atoms with Gasteiger partial charge in [-0.2, -0.15) is 0 Å². The van der Waals surface area contributed by atoms with E-state index in [2.05, 4.69) is 10.3 Å². The number of nitrogens with one attached hydrogen (secondary N) is 1. The van der Waals surface area contributed by atoms with Crippen LogP contribution in [0.3, 0.4) is 0 Å². The van der Waals surface area contributed by atoms with Crippen molar-refractivity contribution in [3.05, 3.63) is 47.0 Å². The van der Waals surface area contributed by atoms with Gasteiger partial charge in [0.1, 0.15) is 11.6 Å². The SMILES string of the molecule is Cn1ccnc1CNCc1cccc(Cl)c1O. The van der Waals surface area contributed by atoms with Gasteiger partial charge < -0.3 is 15.0 Å². The summed E-state index contributed by atoms with van der Waals surface area (Å²) >= 11 is 5.82. The molecule has 2 N–H and O–H groups in total. The van der Waals surface area contributed by atoms with E-state index in [-0.39, 0.29) is 5.75 Å². The molecule has 0 aliphatic carbocycles. The normalized spacial score (nSPS) is 10.7. The van der Waals surface area contributed by atoms with Crippen LogP contribution in [0, 0.1) is 0 Å². The second kappa shape index (κ2) is 5.21. The number of aromatic nitrogens is 2. The van der Waals surface area contributed by atoms with Crippen molar-refractivity contribution in [2.75, 3.05) is 0 Å². The molecule has 2 rings (SSSR count). The Morgan fingerprint density at radius 2 is 2.24 bits per heavy atom. The fourth-order valence-corrected chi connectivity index (χ4v) is 1.77. The summed E-state index contributed by atoms with van der Waals surface area (Å²) in [5.41, 5.74) is 0.784. The van der Waals surface area contributed by atoms with Crippen molar-refractivity contribution in [3.63, 3.8) is 0 Å². The number of rotatable bonds is 4. The van der Waals surface area contributed by atoms with Crippen LogP contribution in [0.15, 0.2) is 30.6 Å². The Morgan fingerprint density at radius 1 is 1.41 bits per heavy atom. The van der Waals surface area contributed by atoms with E-state index in [1.165, 1.54) is 0 Å². The monoisotopic (exact) mass is 251 g/mol. The summed E-state index contributed by atoms with van der Waals surface area (Å²) < 4.78 is 1.95. The van der Waals surface area contributed by atoms with Crippen LogP contribution in [0.5, 0.6) is 5.75 Å². The predicted molar refractivity (Wildman–Crippen MR) is 66.9 cm³/mol. The quantitative estimate of drug-likeness (QED) is 0.875. The Kier molecular flexibility index (Phi) is 3.66. The summed E-state index contributed by atoms with van der Waals surface area (Å²) in [6.45, 7) is 1.20. The standard InChI is InChI=1S/C12H14ClN3O/c1-16-6-5-15-11(16)8-14-7-9-3-2-4-10(13)12(9)17/h2-6,14,17H,7-8H2,1H3. The summed E-state index contributed by atoms with van der Waals surface area (Å²) in [5, 5.41) is 13.3. The zero-order chi connectivity index (χ0) is 12.3. The van der Waals surface area contributed by atoms with Crippen molar-refractivity contribution >= 4 is 11.6 Å². The zero-order valence-electron chi connectivity index (χ0n) is 9.52. The van der Waals surface area contributed by atoms with Gasteiger partial charge >= 0.3 is 0 Å². The van der Waals surface area contributed by atoms with E-state index in [4.69, 9.17) is 11.6 Å². The number of imidazole rings is 1. The maximum atomic E-state index is 9.72. The second-order valence-electron chi connectivity index (χ2n) is 3.81. The number of phenolic OH excluding ortho intramolecular Hbond substituents is 1. The topological polar surface area (TPSA) is 50.1 Å². The minimum Gasteiger partial charge on any atom is -0.506 e. The summed E-state index contributed by atoms with van der Waals surface area (Å²) in [5.74, 6) is 1.09. The molecule has 0 aliphatic rings. The number of phenols is 1. The van der Waals surface area contributed by atoms with Crippen molar-refractivity contribution in [2.24, 2.45) is 7.05 Å². The maximum Gasteiger partial charge on any atom is 0.138 e. The van der Waals surface area contributed by atoms with Crippen LogP contribution in [0.1, 0.15) is 11.4 Å². The van der Waals surface area contributed by atoms with Gasteiger partial charge in [-0.1, -0.05) is 23.7 Å². The molecule has 0 atom stereocenters. The lowest BCUT2D eigenvalue weighted by atomic mass is 10.2. The predicted octanol–water partition coefficient (Wildman–Crippen LogP) is 2.07. The van der Waals surface area contributed by atoms with E-state index < -0.39 is 0 Å². The highest BCUT2D eigenvalue weighted by Crippen LogP contribution is 2.26. The molecule has 17 heavy (non-hydrogen) atoms. The first-order valence-electron chi connectivity index (χ1n) is 5.31. The minimum atomic E-state index is 0.140. The largest absolute Gasteiger partial charge is 0.506 e. The van der Waals surface area contributed by atoms with Crippen molar-refractivity contribution in [2.45, 2.75) is 13.1 Å². The molecule has 0 radical (unpaired) electrons. The van der Waals surface area contributed by atoms with E-state index >= 15 is 0 Å². The van der Waals surface area contributed by atoms with Gasteiger partial charge in [-0.25, -0.2) is 4.98 Å². The van der Waals surface area contributed by atoms with Gasteiger partial charge in [0.05, 0.1) is 11.6 Å². The third-order valence-electron chi connectivity index (χ3n) is 2.59. The summed E-state index contributed by atoms with van der Waals surface area (Å²) in [6.07, 6.45) is 3.65. The van der Waals surface area contributed by atoms with Gasteiger partial charge in [-0.3, -0.25) is 0 Å². The zero-order valence-corrected chi connectivity index (χ0v) is 10.3. The molecular formula is C12H14ClN3O. The van der Waals surface area contributed by atoms with Gasteiger partial charge in [0.15, 0.2) is 0 Å². The summed E-state index contributed by atoms with van der Waals surface area (Å²) in [6, 6.07) is 5.33. The van der Waals surface area contributed by atoms with Crippen molar-refractivity contribution in [1.82, 2.24) is 14.9 Å². The van der Waals surface area contributed by atoms with Gasteiger partial charge in [0.25, 0.3) is 0 Å². The smallest absolute Gasteiger partial charge is 0.138 e. The van der Waals surface area contributed by atoms with E-state index in [1.54, 1.807) is 12.3 Å². The van der Waals surface area contributed by atoms with Gasteiger partial charge in [0.2, 0.25) is 0 Å². The van der Waals surface area contributed by atoms with Crippen molar-refractivity contribution in [3.8, 4) is 5.75 Å². The van der Waals surface area contributed by atoms with Crippen LogP contribution >= 0.6 is 11.6 Å². The molecule has 0 fully saturated rings. The number of benzene rings is 1. The van der Waals surface area contributed by atoms with Crippen LogP contribution in [0.4, 0.5) is 0 Å². The lowest BCUT2D eigenvalue weighted by Crippen LogP contribution is -2.15. The molecule has 4 nitrogen and oxygen atoms in total. The molecule has 0 aliphatic heterocycles. The molecule has 1 aromatic heterocycles. The van der Waals surface area contributed by atoms with Crippen LogP contribution in [-0.4, -0.2) is 14.7 Å². The van der Waals surface area contributed by atoms with Crippen LogP contribution in [-0.2, 0) is 20.1 Å². The number of aryl methyl sites for hydroxylation is 1. The Bertz CT molecular complexity index is 510. The van der Waals surface area contributed by atoms with Crippen LogP contribution in [0.25, 0.3) is 0 Å². The Hall–Kier alpha value is -1.52. The van der Waals surface area contributed by atoms with Crippen molar-refractivity contribution < 1.29 is 5.11 Å². The van der Waals surface area contributed by atoms with Gasteiger partial charge in [0, 0.05) is 31.5 Å². The minimum absolute atomic E-state index is 0.140. The van der Waals surface area contributed by atoms with Gasteiger partial charge in [-0.15, -0.1) is 0 Å². The molecule has 0 saturated carbocycles. The van der Waals surface area contributed by atoms with E-state index in [0.717, 1.165) is 11.4 Å². The van der Waals surface area contributed by atoms with Crippen LogP contribution in [0.2, 0.25) is 5.02 Å². The molecule has 0 bridgehead atoms. The molecular weight excluding hydrogens is 238 g/mol. The highest BCUT2D eigenvalue weighted by Gasteiger charge is 2.05. The lowest BCUT2D eigenvalue weighted by Gasteiger charge is -2.07. The second-order valence-corrected chi connectivity index (χ2v) is 4.21. The van der Waals surface area contributed by atoms with Crippen LogP contribution < -0.4 is 5.32 Å². The highest BCUT2D eigenvalue weighted by molar-refractivity contribution is 6.32. The van der Waals surface area contributed by atoms with Crippen molar-refractivity contribution in [1.29, 1.82) is 0 Å². The molecule has 0 spiro atoms. The molecule has 2 aromatic rings. The van der Waals surface area contributed by atoms with E-state index in [9.17, 15) is 5.11 Å². The first-order chi connectivity index (χ1) is 8.18. The third kappa shape index (κ3) is 2.78. The molecule has 0 amide bonds. The molecule has 1 aromatic carbocycles. The fraction of sp³-hybridized carbons (Fsp3) is 0.250. The maximum absolute atomic E-state index is 9.72. The average Bonchev–Trinajstić information content (AvgIpc) is 2.71. The summed E-state index contributed by atoms with van der Waals surface area (Å²) in [4.78, 5) is 4.20. The third-order valence-corrected chi connectivity index (χ3v) is 2.89. The number of aromatic hydroxyl groups is 1. The number of hydrogen-bond donors (Lipinski definition) is 2. The van der Waals surface area contributed by atoms with Gasteiger partial charge in [-0.05, 0) is 6.07 Å².